The lowest BCUT2D eigenvalue weighted by Crippen LogP contribution is -2.45. The highest BCUT2D eigenvalue weighted by molar-refractivity contribution is 7.89. The van der Waals surface area contributed by atoms with Crippen molar-refractivity contribution in [2.75, 3.05) is 12.8 Å². The number of nitrogens with one attached hydrogen (secondary N) is 1. The van der Waals surface area contributed by atoms with E-state index in [1.807, 2.05) is 0 Å². The number of halogens is 1. The molecule has 21 heavy (non-hydrogen) atoms. The van der Waals surface area contributed by atoms with Crippen LogP contribution in [0, 0.1) is 0 Å². The SMILES string of the molecule is O=C(O)CN(CP(=O)(O)O)NS(=O)(=O)c1ccc(Cl)cc1. The Morgan fingerprint density at radius 3 is 2.24 bits per heavy atom. The summed E-state index contributed by atoms with van der Waals surface area (Å²) in [4.78, 5) is 29.9. The van der Waals surface area contributed by atoms with Crippen molar-refractivity contribution < 1.29 is 32.7 Å². The summed E-state index contributed by atoms with van der Waals surface area (Å²) in [6.45, 7) is -0.919. The fraction of sp³-hybridized carbons (Fsp3) is 0.222. The number of hydrogen-bond donors (Lipinski definition) is 4. The zero-order valence-corrected chi connectivity index (χ0v) is 12.8. The molecule has 0 aliphatic heterocycles. The van der Waals surface area contributed by atoms with Gasteiger partial charge in [0.15, 0.2) is 0 Å². The molecule has 0 saturated carbocycles. The number of aliphatic carboxylic acids is 1. The predicted molar refractivity (Wildman–Crippen MR) is 73.0 cm³/mol. The van der Waals surface area contributed by atoms with Crippen molar-refractivity contribution in [3.63, 3.8) is 0 Å². The second-order valence-corrected chi connectivity index (χ2v) is 7.66. The third kappa shape index (κ3) is 6.53. The molecule has 118 valence electrons. The molecule has 0 fully saturated rings. The van der Waals surface area contributed by atoms with E-state index < -0.39 is 36.4 Å². The lowest BCUT2D eigenvalue weighted by atomic mass is 10.4. The van der Waals surface area contributed by atoms with Crippen LogP contribution in [0.2, 0.25) is 5.02 Å². The Bertz CT molecular complexity index is 657. The van der Waals surface area contributed by atoms with Crippen LogP contribution in [0.5, 0.6) is 0 Å². The molecule has 0 aliphatic rings. The summed E-state index contributed by atoms with van der Waals surface area (Å²) in [5, 5.41) is 9.35. The Hall–Kier alpha value is -1.00. The molecule has 4 N–H and O–H groups in total. The summed E-state index contributed by atoms with van der Waals surface area (Å²) in [5.74, 6) is -1.46. The van der Waals surface area contributed by atoms with Gasteiger partial charge in [0.05, 0.1) is 4.90 Å². The minimum absolute atomic E-state index is 0.229. The number of carboxylic acids is 1. The predicted octanol–water partition coefficient (Wildman–Crippen LogP) is 0.0551. The normalized spacial score (nSPS) is 12.6. The molecule has 0 aromatic heterocycles. The van der Waals surface area contributed by atoms with Gasteiger partial charge in [-0.25, -0.2) is 13.4 Å². The molecule has 1 aromatic carbocycles. The second-order valence-electron chi connectivity index (χ2n) is 3.95. The van der Waals surface area contributed by atoms with E-state index in [9.17, 15) is 17.8 Å². The van der Waals surface area contributed by atoms with Gasteiger partial charge in [-0.05, 0) is 24.3 Å². The summed E-state index contributed by atoms with van der Waals surface area (Å²) < 4.78 is 34.9. The van der Waals surface area contributed by atoms with Crippen LogP contribution in [0.4, 0.5) is 0 Å². The maximum absolute atomic E-state index is 12.0. The quantitative estimate of drug-likeness (QED) is 0.395. The van der Waals surface area contributed by atoms with Gasteiger partial charge in [-0.1, -0.05) is 11.6 Å². The van der Waals surface area contributed by atoms with Gasteiger partial charge in [0.2, 0.25) is 0 Å². The summed E-state index contributed by atoms with van der Waals surface area (Å²) in [6, 6.07) is 4.95. The average molecular weight is 359 g/mol. The molecule has 1 aromatic rings. The number of benzene rings is 1. The van der Waals surface area contributed by atoms with Gasteiger partial charge >= 0.3 is 13.6 Å². The van der Waals surface area contributed by atoms with Crippen LogP contribution in [-0.2, 0) is 19.4 Å². The molecule has 12 heteroatoms. The number of sulfonamides is 1. The third-order valence-electron chi connectivity index (χ3n) is 2.05. The van der Waals surface area contributed by atoms with Crippen LogP contribution in [0.3, 0.4) is 0 Å². The van der Waals surface area contributed by atoms with Crippen LogP contribution in [-0.4, -0.2) is 47.1 Å². The Kier molecular flexibility index (Phi) is 5.88. The number of carboxylic acid groups (broad SMARTS) is 1. The molecular formula is C9H12ClN2O7PS. The molecule has 0 saturated heterocycles. The second kappa shape index (κ2) is 6.84. The van der Waals surface area contributed by atoms with Crippen molar-refractivity contribution in [2.24, 2.45) is 0 Å². The van der Waals surface area contributed by atoms with Crippen molar-refractivity contribution in [1.29, 1.82) is 0 Å². The van der Waals surface area contributed by atoms with E-state index in [0.29, 0.717) is 10.0 Å². The zero-order valence-electron chi connectivity index (χ0n) is 10.4. The molecule has 0 atom stereocenters. The Balaban J connectivity index is 2.97. The van der Waals surface area contributed by atoms with E-state index in [2.05, 4.69) is 0 Å². The molecule has 0 radical (unpaired) electrons. The van der Waals surface area contributed by atoms with Crippen LogP contribution in [0.1, 0.15) is 0 Å². The van der Waals surface area contributed by atoms with Crippen LogP contribution in [0.15, 0.2) is 29.2 Å². The summed E-state index contributed by atoms with van der Waals surface area (Å²) in [5.41, 5.74) is 0. The maximum Gasteiger partial charge on any atom is 0.340 e. The van der Waals surface area contributed by atoms with Crippen molar-refractivity contribution in [3.8, 4) is 0 Å². The van der Waals surface area contributed by atoms with Crippen LogP contribution < -0.4 is 4.83 Å². The average Bonchev–Trinajstić information content (AvgIpc) is 2.25. The van der Waals surface area contributed by atoms with E-state index in [4.69, 9.17) is 26.5 Å². The van der Waals surface area contributed by atoms with E-state index >= 15 is 0 Å². The van der Waals surface area contributed by atoms with Gasteiger partial charge in [-0.15, -0.1) is 4.83 Å². The third-order valence-corrected chi connectivity index (χ3v) is 4.41. The summed E-state index contributed by atoms with van der Waals surface area (Å²) >= 11 is 5.62. The molecule has 0 aliphatic carbocycles. The van der Waals surface area contributed by atoms with Crippen molar-refractivity contribution in [3.05, 3.63) is 29.3 Å². The molecular weight excluding hydrogens is 347 g/mol. The molecule has 0 unspecified atom stereocenters. The number of nitrogens with zero attached hydrogens (tertiary/aromatic N) is 1. The Labute approximate surface area is 125 Å². The van der Waals surface area contributed by atoms with Gasteiger partial charge < -0.3 is 14.9 Å². The summed E-state index contributed by atoms with van der Waals surface area (Å²) in [7, 11) is -8.83. The topological polar surface area (TPSA) is 144 Å². The fourth-order valence-electron chi connectivity index (χ4n) is 1.33. The van der Waals surface area contributed by atoms with E-state index in [1.54, 1.807) is 4.83 Å². The fourth-order valence-corrected chi connectivity index (χ4v) is 3.24. The Morgan fingerprint density at radius 2 is 1.81 bits per heavy atom. The van der Waals surface area contributed by atoms with Crippen molar-refractivity contribution in [2.45, 2.75) is 4.90 Å². The van der Waals surface area contributed by atoms with Gasteiger partial charge in [0.25, 0.3) is 10.0 Å². The van der Waals surface area contributed by atoms with Gasteiger partial charge in [-0.3, -0.25) is 9.36 Å². The van der Waals surface area contributed by atoms with Gasteiger partial charge in [0, 0.05) is 5.02 Å². The molecule has 0 amide bonds. The molecule has 1 rings (SSSR count). The first-order valence-corrected chi connectivity index (χ1v) is 8.95. The molecule has 0 heterocycles. The number of hydrazine groups is 1. The minimum Gasteiger partial charge on any atom is -0.480 e. The molecule has 9 nitrogen and oxygen atoms in total. The van der Waals surface area contributed by atoms with Crippen molar-refractivity contribution in [1.82, 2.24) is 9.84 Å². The maximum atomic E-state index is 12.0. The van der Waals surface area contributed by atoms with Crippen LogP contribution in [0.25, 0.3) is 0 Å². The molecule has 0 spiro atoms. The van der Waals surface area contributed by atoms with Gasteiger partial charge in [-0.2, -0.15) is 0 Å². The Morgan fingerprint density at radius 1 is 1.29 bits per heavy atom. The van der Waals surface area contributed by atoms with Crippen LogP contribution >= 0.6 is 19.2 Å². The minimum atomic E-state index is -4.65. The summed E-state index contributed by atoms with van der Waals surface area (Å²) in [6.07, 6.45) is -1.08. The number of rotatable bonds is 7. The number of hydrogen-bond acceptors (Lipinski definition) is 5. The highest BCUT2D eigenvalue weighted by Gasteiger charge is 2.26. The first kappa shape index (κ1) is 18.1. The largest absolute Gasteiger partial charge is 0.480 e. The van der Waals surface area contributed by atoms with Crippen molar-refractivity contribution >= 4 is 35.2 Å². The lowest BCUT2D eigenvalue weighted by molar-refractivity contribution is -0.138. The standard InChI is InChI=1S/C9H12ClN2O7PS/c10-7-1-3-8(4-2-7)21(18,19)11-12(5-9(13)14)6-20(15,16)17/h1-4,11H,5-6H2,(H,13,14)(H2,15,16,17). The van der Waals surface area contributed by atoms with E-state index in [0.717, 1.165) is 0 Å². The van der Waals surface area contributed by atoms with Gasteiger partial charge in [0.1, 0.15) is 12.8 Å². The highest BCUT2D eigenvalue weighted by atomic mass is 35.5. The van der Waals surface area contributed by atoms with E-state index in [-0.39, 0.29) is 4.90 Å². The first-order chi connectivity index (χ1) is 9.49. The monoisotopic (exact) mass is 358 g/mol. The molecule has 0 bridgehead atoms. The number of carbonyl (C=O) groups is 1. The smallest absolute Gasteiger partial charge is 0.340 e. The first-order valence-electron chi connectivity index (χ1n) is 5.29. The highest BCUT2D eigenvalue weighted by Crippen LogP contribution is 2.34. The van der Waals surface area contributed by atoms with E-state index in [1.165, 1.54) is 24.3 Å². The lowest BCUT2D eigenvalue weighted by Gasteiger charge is -2.21. The zero-order chi connectivity index (χ0) is 16.3.